The number of benzene rings is 1. The number of carbonyl (C=O) groups is 1. The molecule has 1 fully saturated rings. The number of nitrogens with one attached hydrogen (secondary N) is 1. The zero-order valence-electron chi connectivity index (χ0n) is 12.8. The Morgan fingerprint density at radius 3 is 2.62 bits per heavy atom. The topological polar surface area (TPSA) is 64.4 Å². The van der Waals surface area contributed by atoms with E-state index in [9.17, 15) is 4.79 Å². The Hall–Kier alpha value is -1.39. The van der Waals surface area contributed by atoms with Crippen LogP contribution in [0.5, 0.6) is 0 Å². The van der Waals surface area contributed by atoms with Crippen LogP contribution >= 0.6 is 0 Å². The smallest absolute Gasteiger partial charge is 0.236 e. The summed E-state index contributed by atoms with van der Waals surface area (Å²) in [6.45, 7) is 4.16. The lowest BCUT2D eigenvalue weighted by Crippen LogP contribution is -2.48. The number of amides is 1. The average Bonchev–Trinajstić information content (AvgIpc) is 2.54. The first-order valence-corrected chi connectivity index (χ1v) is 7.84. The molecule has 116 valence electrons. The van der Waals surface area contributed by atoms with E-state index in [-0.39, 0.29) is 11.3 Å². The zero-order valence-corrected chi connectivity index (χ0v) is 12.8. The van der Waals surface area contributed by atoms with E-state index >= 15 is 0 Å². The first kappa shape index (κ1) is 16.0. The highest BCUT2D eigenvalue weighted by Crippen LogP contribution is 2.34. The van der Waals surface area contributed by atoms with Crippen molar-refractivity contribution in [2.24, 2.45) is 5.73 Å². The third-order valence-electron chi connectivity index (χ3n) is 4.37. The number of hydrogen-bond donors (Lipinski definition) is 2. The molecule has 4 heteroatoms. The fourth-order valence-corrected chi connectivity index (χ4v) is 2.95. The maximum Gasteiger partial charge on any atom is 0.236 e. The molecule has 1 aromatic carbocycles. The Morgan fingerprint density at radius 1 is 1.33 bits per heavy atom. The fraction of sp³-hybridized carbons (Fsp3) is 0.588. The van der Waals surface area contributed by atoms with Crippen LogP contribution < -0.4 is 11.1 Å². The van der Waals surface area contributed by atoms with Gasteiger partial charge in [-0.05, 0) is 24.8 Å². The molecule has 1 amide bonds. The van der Waals surface area contributed by atoms with Gasteiger partial charge in [0.25, 0.3) is 0 Å². The molecule has 1 aliphatic heterocycles. The minimum Gasteiger partial charge on any atom is -0.381 e. The van der Waals surface area contributed by atoms with Crippen molar-refractivity contribution in [2.45, 2.75) is 44.1 Å². The molecule has 4 nitrogen and oxygen atoms in total. The van der Waals surface area contributed by atoms with Crippen LogP contribution in [0.2, 0.25) is 0 Å². The highest BCUT2D eigenvalue weighted by molar-refractivity contribution is 5.81. The molecule has 0 spiro atoms. The predicted octanol–water partition coefficient (Wildman–Crippen LogP) is 1.98. The third kappa shape index (κ3) is 4.05. The highest BCUT2D eigenvalue weighted by atomic mass is 16.5. The molecule has 1 aromatic rings. The van der Waals surface area contributed by atoms with Crippen molar-refractivity contribution in [3.05, 3.63) is 35.9 Å². The Labute approximate surface area is 127 Å². The van der Waals surface area contributed by atoms with E-state index in [0.29, 0.717) is 6.54 Å². The largest absolute Gasteiger partial charge is 0.381 e. The zero-order chi connectivity index (χ0) is 15.1. The van der Waals surface area contributed by atoms with Gasteiger partial charge in [-0.3, -0.25) is 4.79 Å². The molecule has 0 aliphatic carbocycles. The molecule has 0 aromatic heterocycles. The SMILES string of the molecule is CCCC(N)C(=O)NCC1(c2ccccc2)CCOCC1. The molecule has 0 radical (unpaired) electrons. The molecule has 1 atom stereocenters. The minimum atomic E-state index is -0.400. The first-order chi connectivity index (χ1) is 10.2. The molecule has 1 aliphatic rings. The van der Waals surface area contributed by atoms with Gasteiger partial charge < -0.3 is 15.8 Å². The maximum atomic E-state index is 12.1. The molecule has 1 unspecified atom stereocenters. The van der Waals surface area contributed by atoms with Crippen molar-refractivity contribution in [3.63, 3.8) is 0 Å². The summed E-state index contributed by atoms with van der Waals surface area (Å²) in [6.07, 6.45) is 3.51. The number of carbonyl (C=O) groups excluding carboxylic acids is 1. The second-order valence-corrected chi connectivity index (χ2v) is 5.87. The fourth-order valence-electron chi connectivity index (χ4n) is 2.95. The van der Waals surface area contributed by atoms with E-state index in [1.807, 2.05) is 13.0 Å². The summed E-state index contributed by atoms with van der Waals surface area (Å²) in [5, 5.41) is 3.06. The molecule has 21 heavy (non-hydrogen) atoms. The van der Waals surface area contributed by atoms with Gasteiger partial charge in [0.1, 0.15) is 0 Å². The van der Waals surface area contributed by atoms with Crippen LogP contribution in [0.1, 0.15) is 38.2 Å². The summed E-state index contributed by atoms with van der Waals surface area (Å²) in [5.41, 5.74) is 7.14. The van der Waals surface area contributed by atoms with Gasteiger partial charge in [-0.25, -0.2) is 0 Å². The van der Waals surface area contributed by atoms with Crippen molar-refractivity contribution in [2.75, 3.05) is 19.8 Å². The van der Waals surface area contributed by atoms with Crippen molar-refractivity contribution in [1.82, 2.24) is 5.32 Å². The van der Waals surface area contributed by atoms with Crippen LogP contribution in [-0.4, -0.2) is 31.7 Å². The van der Waals surface area contributed by atoms with E-state index in [2.05, 4.69) is 29.6 Å². The van der Waals surface area contributed by atoms with Crippen LogP contribution in [0.15, 0.2) is 30.3 Å². The molecule has 1 saturated heterocycles. The Kier molecular flexibility index (Phi) is 5.76. The lowest BCUT2D eigenvalue weighted by atomic mass is 9.74. The average molecular weight is 290 g/mol. The Balaban J connectivity index is 2.06. The summed E-state index contributed by atoms with van der Waals surface area (Å²) in [5.74, 6) is -0.0429. The first-order valence-electron chi connectivity index (χ1n) is 7.84. The monoisotopic (exact) mass is 290 g/mol. The van der Waals surface area contributed by atoms with Crippen LogP contribution in [0.25, 0.3) is 0 Å². The standard InChI is InChI=1S/C17H26N2O2/c1-2-6-15(18)16(20)19-13-17(9-11-21-12-10-17)14-7-4-3-5-8-14/h3-5,7-8,15H,2,6,9-13,18H2,1H3,(H,19,20). The minimum absolute atomic E-state index is 0.0267. The van der Waals surface area contributed by atoms with Crippen LogP contribution in [0.3, 0.4) is 0 Å². The van der Waals surface area contributed by atoms with Crippen molar-refractivity contribution < 1.29 is 9.53 Å². The second-order valence-electron chi connectivity index (χ2n) is 5.87. The van der Waals surface area contributed by atoms with Gasteiger partial charge in [-0.15, -0.1) is 0 Å². The lowest BCUT2D eigenvalue weighted by molar-refractivity contribution is -0.123. The highest BCUT2D eigenvalue weighted by Gasteiger charge is 2.35. The van der Waals surface area contributed by atoms with Crippen LogP contribution in [0, 0.1) is 0 Å². The lowest BCUT2D eigenvalue weighted by Gasteiger charge is -2.38. The van der Waals surface area contributed by atoms with E-state index in [1.54, 1.807) is 0 Å². The Morgan fingerprint density at radius 2 is 2.00 bits per heavy atom. The molecule has 0 bridgehead atoms. The molecule has 0 saturated carbocycles. The summed E-state index contributed by atoms with van der Waals surface area (Å²) < 4.78 is 5.50. The van der Waals surface area contributed by atoms with Crippen molar-refractivity contribution in [3.8, 4) is 0 Å². The van der Waals surface area contributed by atoms with E-state index in [4.69, 9.17) is 10.5 Å². The Bertz CT molecular complexity index is 441. The van der Waals surface area contributed by atoms with Gasteiger partial charge in [-0.1, -0.05) is 43.7 Å². The molecular formula is C17H26N2O2. The van der Waals surface area contributed by atoms with Crippen molar-refractivity contribution >= 4 is 5.91 Å². The summed E-state index contributed by atoms with van der Waals surface area (Å²) >= 11 is 0. The summed E-state index contributed by atoms with van der Waals surface area (Å²) in [6, 6.07) is 10.0. The third-order valence-corrected chi connectivity index (χ3v) is 4.37. The maximum absolute atomic E-state index is 12.1. The molecule has 1 heterocycles. The van der Waals surface area contributed by atoms with Gasteiger partial charge in [0.15, 0.2) is 0 Å². The van der Waals surface area contributed by atoms with Gasteiger partial charge in [-0.2, -0.15) is 0 Å². The second kappa shape index (κ2) is 7.57. The quantitative estimate of drug-likeness (QED) is 0.842. The normalized spacial score (nSPS) is 19.0. The number of hydrogen-bond acceptors (Lipinski definition) is 3. The molecule has 3 N–H and O–H groups in total. The van der Waals surface area contributed by atoms with Gasteiger partial charge in [0.05, 0.1) is 6.04 Å². The van der Waals surface area contributed by atoms with Gasteiger partial charge in [0.2, 0.25) is 5.91 Å². The van der Waals surface area contributed by atoms with E-state index in [1.165, 1.54) is 5.56 Å². The van der Waals surface area contributed by atoms with Gasteiger partial charge >= 0.3 is 0 Å². The number of ether oxygens (including phenoxy) is 1. The van der Waals surface area contributed by atoms with E-state index in [0.717, 1.165) is 38.9 Å². The van der Waals surface area contributed by atoms with Crippen LogP contribution in [-0.2, 0) is 14.9 Å². The molecule has 2 rings (SSSR count). The summed E-state index contributed by atoms with van der Waals surface area (Å²) in [7, 11) is 0. The number of nitrogens with two attached hydrogens (primary N) is 1. The molecular weight excluding hydrogens is 264 g/mol. The van der Waals surface area contributed by atoms with Crippen molar-refractivity contribution in [1.29, 1.82) is 0 Å². The number of rotatable bonds is 6. The summed E-state index contributed by atoms with van der Waals surface area (Å²) in [4.78, 5) is 12.1. The predicted molar refractivity (Wildman–Crippen MR) is 84.1 cm³/mol. The van der Waals surface area contributed by atoms with Crippen LogP contribution in [0.4, 0.5) is 0 Å². The van der Waals surface area contributed by atoms with E-state index < -0.39 is 6.04 Å². The van der Waals surface area contributed by atoms with Gasteiger partial charge in [0, 0.05) is 25.2 Å².